The number of esters is 1. The zero-order chi connectivity index (χ0) is 22.8. The summed E-state index contributed by atoms with van der Waals surface area (Å²) in [7, 11) is 1.99. The highest BCUT2D eigenvalue weighted by molar-refractivity contribution is 9.10. The average Bonchev–Trinajstić information content (AvgIpc) is 3.37. The predicted octanol–water partition coefficient (Wildman–Crippen LogP) is 6.02. The number of phenols is 1. The summed E-state index contributed by atoms with van der Waals surface area (Å²) in [5, 5.41) is 11.8. The van der Waals surface area contributed by atoms with Gasteiger partial charge in [-0.15, -0.1) is 11.8 Å². The van der Waals surface area contributed by atoms with E-state index < -0.39 is 0 Å². The molecule has 0 spiro atoms. The van der Waals surface area contributed by atoms with Crippen LogP contribution in [0.3, 0.4) is 0 Å². The molecule has 0 atom stereocenters. The van der Waals surface area contributed by atoms with E-state index in [9.17, 15) is 9.90 Å². The number of nitrogens with zero attached hydrogens (tertiary/aromatic N) is 2. The van der Waals surface area contributed by atoms with Gasteiger partial charge >= 0.3 is 5.97 Å². The minimum absolute atomic E-state index is 0.207. The van der Waals surface area contributed by atoms with Gasteiger partial charge in [0.2, 0.25) is 0 Å². The van der Waals surface area contributed by atoms with Crippen molar-refractivity contribution < 1.29 is 14.6 Å². The fourth-order valence-corrected chi connectivity index (χ4v) is 6.01. The average molecular weight is 517 g/mol. The van der Waals surface area contributed by atoms with Crippen molar-refractivity contribution in [3.8, 4) is 5.75 Å². The maximum Gasteiger partial charge on any atom is 0.340 e. The molecule has 1 N–H and O–H groups in total. The smallest absolute Gasteiger partial charge is 0.340 e. The Bertz CT molecular complexity index is 1150. The largest absolute Gasteiger partial charge is 0.506 e. The maximum atomic E-state index is 13.2. The van der Waals surface area contributed by atoms with Gasteiger partial charge in [-0.25, -0.2) is 4.79 Å². The summed E-state index contributed by atoms with van der Waals surface area (Å²) < 4.78 is 8.21. The molecule has 3 aromatic rings. The van der Waals surface area contributed by atoms with E-state index in [2.05, 4.69) is 44.5 Å². The number of thioether (sulfide) groups is 1. The van der Waals surface area contributed by atoms with Crippen LogP contribution < -0.4 is 0 Å². The number of carbonyl (C=O) groups is 1. The first-order valence-corrected chi connectivity index (χ1v) is 12.8. The van der Waals surface area contributed by atoms with Gasteiger partial charge in [-0.05, 0) is 73.4 Å². The second-order valence-electron chi connectivity index (χ2n) is 8.22. The van der Waals surface area contributed by atoms with Crippen molar-refractivity contribution in [2.75, 3.05) is 19.7 Å². The number of ether oxygens (including phenoxy) is 1. The van der Waals surface area contributed by atoms with Gasteiger partial charge in [0.25, 0.3) is 0 Å². The number of aromatic nitrogens is 1. The normalized spacial score (nSPS) is 14.4. The fourth-order valence-electron chi connectivity index (χ4n) is 4.45. The third kappa shape index (κ3) is 4.43. The number of rotatable bonds is 7. The van der Waals surface area contributed by atoms with Crippen molar-refractivity contribution in [3.05, 3.63) is 57.2 Å². The van der Waals surface area contributed by atoms with E-state index in [1.165, 1.54) is 10.5 Å². The summed E-state index contributed by atoms with van der Waals surface area (Å²) in [4.78, 5) is 16.7. The second-order valence-corrected chi connectivity index (χ2v) is 10.1. The molecule has 2 heterocycles. The molecule has 0 bridgehead atoms. The Morgan fingerprint density at radius 1 is 1.25 bits per heavy atom. The molecule has 4 rings (SSSR count). The number of fused-ring (bicyclic) bond motifs is 1. The zero-order valence-corrected chi connectivity index (χ0v) is 21.2. The summed E-state index contributed by atoms with van der Waals surface area (Å²) in [6, 6.07) is 10.2. The van der Waals surface area contributed by atoms with Crippen LogP contribution in [0.15, 0.2) is 39.7 Å². The molecule has 1 aliphatic heterocycles. The molecule has 0 radical (unpaired) electrons. The van der Waals surface area contributed by atoms with E-state index in [0.29, 0.717) is 28.9 Å². The van der Waals surface area contributed by atoms with Gasteiger partial charge in [0.1, 0.15) is 5.75 Å². The van der Waals surface area contributed by atoms with Gasteiger partial charge in [-0.3, -0.25) is 4.90 Å². The number of hydrogen-bond acceptors (Lipinski definition) is 5. The predicted molar refractivity (Wildman–Crippen MR) is 133 cm³/mol. The molecule has 0 aliphatic carbocycles. The standard InChI is InChI=1S/C25H29BrN2O3S/c1-4-31-25(30)23-20(15-32-21-10-6-5-9-16(21)2)27(3)19-13-18(26)24(29)17(22(19)23)14-28-11-7-8-12-28/h5-6,9-10,13,29H,4,7-8,11-12,14-15H2,1-3H3. The first-order valence-electron chi connectivity index (χ1n) is 11.0. The van der Waals surface area contributed by atoms with Crippen molar-refractivity contribution in [2.45, 2.75) is 43.9 Å². The van der Waals surface area contributed by atoms with Gasteiger partial charge in [-0.1, -0.05) is 18.2 Å². The fraction of sp³-hybridized carbons (Fsp3) is 0.400. The van der Waals surface area contributed by atoms with Gasteiger partial charge < -0.3 is 14.4 Å². The molecule has 1 aromatic heterocycles. The van der Waals surface area contributed by atoms with Crippen molar-refractivity contribution >= 4 is 44.6 Å². The van der Waals surface area contributed by atoms with Crippen LogP contribution in [0.2, 0.25) is 0 Å². The highest BCUT2D eigenvalue weighted by Gasteiger charge is 2.28. The number of carbonyl (C=O) groups excluding carboxylic acids is 1. The Kier molecular flexibility index (Phi) is 7.17. The first kappa shape index (κ1) is 23.2. The van der Waals surface area contributed by atoms with E-state index in [4.69, 9.17) is 4.74 Å². The maximum absolute atomic E-state index is 13.2. The van der Waals surface area contributed by atoms with E-state index >= 15 is 0 Å². The molecule has 32 heavy (non-hydrogen) atoms. The first-order chi connectivity index (χ1) is 15.4. The van der Waals surface area contributed by atoms with Crippen molar-refractivity contribution in [2.24, 2.45) is 7.05 Å². The van der Waals surface area contributed by atoms with Crippen LogP contribution in [-0.2, 0) is 24.1 Å². The Labute approximate surface area is 201 Å². The van der Waals surface area contributed by atoms with E-state index in [0.717, 1.165) is 48.1 Å². The molecule has 0 saturated carbocycles. The van der Waals surface area contributed by atoms with Crippen molar-refractivity contribution in [1.82, 2.24) is 9.47 Å². The highest BCUT2D eigenvalue weighted by Crippen LogP contribution is 2.41. The second kappa shape index (κ2) is 9.89. The molecule has 0 amide bonds. The van der Waals surface area contributed by atoms with Gasteiger partial charge in [0.05, 0.1) is 22.2 Å². The minimum atomic E-state index is -0.331. The van der Waals surface area contributed by atoms with Crippen LogP contribution in [-0.4, -0.2) is 40.2 Å². The topological polar surface area (TPSA) is 54.7 Å². The third-order valence-electron chi connectivity index (χ3n) is 6.16. The highest BCUT2D eigenvalue weighted by atomic mass is 79.9. The zero-order valence-electron chi connectivity index (χ0n) is 18.8. The lowest BCUT2D eigenvalue weighted by Gasteiger charge is -2.18. The number of likely N-dealkylation sites (tertiary alicyclic amines) is 1. The number of phenolic OH excluding ortho intramolecular Hbond substituents is 1. The van der Waals surface area contributed by atoms with E-state index in [1.807, 2.05) is 32.2 Å². The van der Waals surface area contributed by atoms with Crippen molar-refractivity contribution in [3.63, 3.8) is 0 Å². The quantitative estimate of drug-likeness (QED) is 0.307. The Balaban J connectivity index is 1.86. The van der Waals surface area contributed by atoms with Crippen LogP contribution >= 0.6 is 27.7 Å². The van der Waals surface area contributed by atoms with Gasteiger partial charge in [-0.2, -0.15) is 0 Å². The number of aromatic hydroxyl groups is 1. The summed E-state index contributed by atoms with van der Waals surface area (Å²) in [6.45, 7) is 6.85. The molecular formula is C25H29BrN2O3S. The van der Waals surface area contributed by atoms with Crippen LogP contribution in [0.5, 0.6) is 5.75 Å². The summed E-state index contributed by atoms with van der Waals surface area (Å²) in [6.07, 6.45) is 2.32. The molecule has 2 aromatic carbocycles. The number of benzene rings is 2. The molecule has 170 valence electrons. The lowest BCUT2D eigenvalue weighted by atomic mass is 10.0. The Morgan fingerprint density at radius 2 is 1.97 bits per heavy atom. The molecule has 1 saturated heterocycles. The van der Waals surface area contributed by atoms with Crippen molar-refractivity contribution in [1.29, 1.82) is 0 Å². The number of aryl methyl sites for hydroxylation is 2. The molecule has 5 nitrogen and oxygen atoms in total. The third-order valence-corrected chi connectivity index (χ3v) is 7.95. The molecular weight excluding hydrogens is 488 g/mol. The van der Waals surface area contributed by atoms with Crippen LogP contribution in [0.25, 0.3) is 10.9 Å². The van der Waals surface area contributed by atoms with Crippen LogP contribution in [0.4, 0.5) is 0 Å². The van der Waals surface area contributed by atoms with Crippen LogP contribution in [0.1, 0.15) is 46.9 Å². The van der Waals surface area contributed by atoms with E-state index in [-0.39, 0.29) is 11.7 Å². The summed E-state index contributed by atoms with van der Waals surface area (Å²) in [5.74, 6) is 0.507. The Morgan fingerprint density at radius 3 is 2.66 bits per heavy atom. The van der Waals surface area contributed by atoms with Gasteiger partial charge in [0.15, 0.2) is 0 Å². The van der Waals surface area contributed by atoms with Crippen LogP contribution in [0, 0.1) is 6.92 Å². The molecule has 0 unspecified atom stereocenters. The number of halogens is 1. The Hall–Kier alpha value is -1.96. The lowest BCUT2D eigenvalue weighted by molar-refractivity contribution is 0.0527. The minimum Gasteiger partial charge on any atom is -0.506 e. The summed E-state index contributed by atoms with van der Waals surface area (Å²) >= 11 is 5.25. The lowest BCUT2D eigenvalue weighted by Crippen LogP contribution is -2.19. The summed E-state index contributed by atoms with van der Waals surface area (Å²) in [5.41, 5.74) is 4.41. The number of hydrogen-bond donors (Lipinski definition) is 1. The monoisotopic (exact) mass is 516 g/mol. The van der Waals surface area contributed by atoms with Gasteiger partial charge in [0, 0.05) is 40.9 Å². The van der Waals surface area contributed by atoms with E-state index in [1.54, 1.807) is 11.8 Å². The SMILES string of the molecule is CCOC(=O)c1c(CSc2ccccc2C)n(C)c2cc(Br)c(O)c(CN3CCCC3)c12. The molecule has 1 fully saturated rings. The molecule has 7 heteroatoms. The molecule has 1 aliphatic rings.